The monoisotopic (exact) mass is 226 g/mol. The van der Waals surface area contributed by atoms with E-state index in [2.05, 4.69) is 10.6 Å². The molecule has 1 aliphatic heterocycles. The van der Waals surface area contributed by atoms with Gasteiger partial charge in [-0.25, -0.2) is 8.78 Å². The molecule has 0 bridgehead atoms. The van der Waals surface area contributed by atoms with Crippen LogP contribution in [0.25, 0.3) is 0 Å². The second kappa shape index (κ2) is 5.25. The maximum Gasteiger partial charge on any atom is 0.146 e. The first-order chi connectivity index (χ1) is 7.75. The van der Waals surface area contributed by atoms with E-state index in [1.54, 1.807) is 0 Å². The van der Waals surface area contributed by atoms with Gasteiger partial charge < -0.3 is 10.6 Å². The van der Waals surface area contributed by atoms with E-state index in [-0.39, 0.29) is 5.69 Å². The predicted molar refractivity (Wildman–Crippen MR) is 60.4 cm³/mol. The average Bonchev–Trinajstić information content (AvgIpc) is 2.76. The van der Waals surface area contributed by atoms with Crippen molar-refractivity contribution in [1.82, 2.24) is 5.32 Å². The Bertz CT molecular complexity index is 349. The van der Waals surface area contributed by atoms with Crippen LogP contribution >= 0.6 is 0 Å². The third kappa shape index (κ3) is 2.92. The van der Waals surface area contributed by atoms with Crippen LogP contribution in [0.2, 0.25) is 0 Å². The van der Waals surface area contributed by atoms with Crippen LogP contribution in [0, 0.1) is 17.6 Å². The Morgan fingerprint density at radius 3 is 3.00 bits per heavy atom. The normalized spacial score (nSPS) is 20.0. The van der Waals surface area contributed by atoms with Crippen LogP contribution in [-0.4, -0.2) is 19.6 Å². The van der Waals surface area contributed by atoms with Gasteiger partial charge in [0.1, 0.15) is 11.6 Å². The highest BCUT2D eigenvalue weighted by Gasteiger charge is 2.13. The summed E-state index contributed by atoms with van der Waals surface area (Å²) in [6, 6.07) is 3.47. The van der Waals surface area contributed by atoms with E-state index in [1.807, 2.05) is 0 Å². The Kier molecular flexibility index (Phi) is 3.72. The van der Waals surface area contributed by atoms with Gasteiger partial charge >= 0.3 is 0 Å². The van der Waals surface area contributed by atoms with Crippen molar-refractivity contribution in [2.75, 3.05) is 25.0 Å². The number of benzene rings is 1. The van der Waals surface area contributed by atoms with Gasteiger partial charge in [-0.3, -0.25) is 0 Å². The standard InChI is InChI=1S/C12H16F2N2/c13-10-1-2-11(14)12(7-10)16-6-4-9-3-5-15-8-9/h1-2,7,9,15-16H,3-6,8H2. The molecule has 1 heterocycles. The highest BCUT2D eigenvalue weighted by molar-refractivity contribution is 5.44. The number of nitrogens with one attached hydrogen (secondary N) is 2. The molecule has 0 spiro atoms. The summed E-state index contributed by atoms with van der Waals surface area (Å²) in [6.45, 7) is 2.79. The minimum Gasteiger partial charge on any atom is -0.383 e. The van der Waals surface area contributed by atoms with Crippen molar-refractivity contribution in [1.29, 1.82) is 0 Å². The fourth-order valence-corrected chi connectivity index (χ4v) is 2.00. The molecule has 1 aromatic rings. The van der Waals surface area contributed by atoms with Gasteiger partial charge in [-0.15, -0.1) is 0 Å². The molecule has 1 saturated heterocycles. The minimum atomic E-state index is -0.411. The fraction of sp³-hybridized carbons (Fsp3) is 0.500. The molecule has 1 aliphatic rings. The molecule has 88 valence electrons. The smallest absolute Gasteiger partial charge is 0.146 e. The number of hydrogen-bond donors (Lipinski definition) is 2. The minimum absolute atomic E-state index is 0.256. The molecule has 2 nitrogen and oxygen atoms in total. The summed E-state index contributed by atoms with van der Waals surface area (Å²) in [5.41, 5.74) is 0.256. The lowest BCUT2D eigenvalue weighted by Gasteiger charge is -2.10. The molecule has 0 saturated carbocycles. The van der Waals surface area contributed by atoms with E-state index in [1.165, 1.54) is 12.5 Å². The zero-order valence-electron chi connectivity index (χ0n) is 9.10. The second-order valence-corrected chi connectivity index (χ2v) is 4.20. The lowest BCUT2D eigenvalue weighted by Crippen LogP contribution is -2.13. The highest BCUT2D eigenvalue weighted by Crippen LogP contribution is 2.17. The van der Waals surface area contributed by atoms with Gasteiger partial charge in [0.25, 0.3) is 0 Å². The maximum atomic E-state index is 13.2. The van der Waals surface area contributed by atoms with Gasteiger partial charge in [-0.2, -0.15) is 0 Å². The first-order valence-corrected chi connectivity index (χ1v) is 5.65. The van der Waals surface area contributed by atoms with Crippen LogP contribution in [0.15, 0.2) is 18.2 Å². The quantitative estimate of drug-likeness (QED) is 0.823. The van der Waals surface area contributed by atoms with Gasteiger partial charge in [0.15, 0.2) is 0 Å². The lowest BCUT2D eigenvalue weighted by molar-refractivity contribution is 0.546. The molecule has 16 heavy (non-hydrogen) atoms. The number of anilines is 1. The van der Waals surface area contributed by atoms with E-state index in [0.717, 1.165) is 31.6 Å². The van der Waals surface area contributed by atoms with Crippen LogP contribution < -0.4 is 10.6 Å². The zero-order valence-corrected chi connectivity index (χ0v) is 9.10. The number of halogens is 2. The van der Waals surface area contributed by atoms with Crippen molar-refractivity contribution in [3.63, 3.8) is 0 Å². The summed E-state index contributed by atoms with van der Waals surface area (Å²) in [5, 5.41) is 6.22. The molecule has 0 amide bonds. The van der Waals surface area contributed by atoms with Crippen LogP contribution in [0.3, 0.4) is 0 Å². The molecule has 0 radical (unpaired) electrons. The first-order valence-electron chi connectivity index (χ1n) is 5.65. The van der Waals surface area contributed by atoms with Crippen molar-refractivity contribution in [2.45, 2.75) is 12.8 Å². The van der Waals surface area contributed by atoms with E-state index < -0.39 is 11.6 Å². The van der Waals surface area contributed by atoms with E-state index >= 15 is 0 Å². The van der Waals surface area contributed by atoms with Crippen molar-refractivity contribution < 1.29 is 8.78 Å². The third-order valence-corrected chi connectivity index (χ3v) is 2.96. The third-order valence-electron chi connectivity index (χ3n) is 2.96. The zero-order chi connectivity index (χ0) is 11.4. The molecular weight excluding hydrogens is 210 g/mol. The molecule has 1 aromatic carbocycles. The van der Waals surface area contributed by atoms with Crippen molar-refractivity contribution >= 4 is 5.69 Å². The van der Waals surface area contributed by atoms with Crippen molar-refractivity contribution in [3.05, 3.63) is 29.8 Å². The molecule has 1 fully saturated rings. The summed E-state index contributed by atoms with van der Waals surface area (Å²) < 4.78 is 26.1. The first kappa shape index (κ1) is 11.3. The SMILES string of the molecule is Fc1ccc(F)c(NCCC2CCNC2)c1. The molecule has 1 atom stereocenters. The van der Waals surface area contributed by atoms with E-state index in [4.69, 9.17) is 0 Å². The predicted octanol–water partition coefficient (Wildman–Crippen LogP) is 2.38. The molecule has 4 heteroatoms. The van der Waals surface area contributed by atoms with Crippen LogP contribution in [0.5, 0.6) is 0 Å². The molecule has 1 unspecified atom stereocenters. The van der Waals surface area contributed by atoms with Crippen molar-refractivity contribution in [2.24, 2.45) is 5.92 Å². The van der Waals surface area contributed by atoms with Gasteiger partial charge in [-0.1, -0.05) is 0 Å². The van der Waals surface area contributed by atoms with Gasteiger partial charge in [0.05, 0.1) is 5.69 Å². The molecule has 0 aromatic heterocycles. The Balaban J connectivity index is 1.82. The molecular formula is C12H16F2N2. The van der Waals surface area contributed by atoms with Crippen molar-refractivity contribution in [3.8, 4) is 0 Å². The summed E-state index contributed by atoms with van der Waals surface area (Å²) in [4.78, 5) is 0. The van der Waals surface area contributed by atoms with Gasteiger partial charge in [0, 0.05) is 6.54 Å². The maximum absolute atomic E-state index is 13.2. The van der Waals surface area contributed by atoms with Crippen LogP contribution in [-0.2, 0) is 0 Å². The van der Waals surface area contributed by atoms with Crippen LogP contribution in [0.1, 0.15) is 12.8 Å². The molecule has 0 aliphatic carbocycles. The summed E-state index contributed by atoms with van der Waals surface area (Å²) >= 11 is 0. The Labute approximate surface area is 94.0 Å². The number of rotatable bonds is 4. The Morgan fingerprint density at radius 1 is 1.38 bits per heavy atom. The molecule has 2 N–H and O–H groups in total. The summed E-state index contributed by atoms with van der Waals surface area (Å²) in [7, 11) is 0. The Morgan fingerprint density at radius 2 is 2.25 bits per heavy atom. The highest BCUT2D eigenvalue weighted by atomic mass is 19.1. The second-order valence-electron chi connectivity index (χ2n) is 4.20. The van der Waals surface area contributed by atoms with E-state index in [0.29, 0.717) is 12.5 Å². The topological polar surface area (TPSA) is 24.1 Å². The lowest BCUT2D eigenvalue weighted by atomic mass is 10.1. The Hall–Kier alpha value is -1.16. The van der Waals surface area contributed by atoms with E-state index in [9.17, 15) is 8.78 Å². The fourth-order valence-electron chi connectivity index (χ4n) is 2.00. The van der Waals surface area contributed by atoms with Crippen LogP contribution in [0.4, 0.5) is 14.5 Å². The largest absolute Gasteiger partial charge is 0.383 e. The van der Waals surface area contributed by atoms with Gasteiger partial charge in [0.2, 0.25) is 0 Å². The average molecular weight is 226 g/mol. The van der Waals surface area contributed by atoms with Gasteiger partial charge in [-0.05, 0) is 50.0 Å². The summed E-state index contributed by atoms with van der Waals surface area (Å²) in [5.74, 6) is -0.151. The molecule has 2 rings (SSSR count). The number of hydrogen-bond acceptors (Lipinski definition) is 2. The summed E-state index contributed by atoms with van der Waals surface area (Å²) in [6.07, 6.45) is 2.16.